The predicted octanol–water partition coefficient (Wildman–Crippen LogP) is 3.95. The third-order valence-corrected chi connectivity index (χ3v) is 3.57. The molecule has 0 bridgehead atoms. The van der Waals surface area contributed by atoms with E-state index in [0.717, 1.165) is 16.1 Å². The highest BCUT2D eigenvalue weighted by atomic mass is 35.5. The highest BCUT2D eigenvalue weighted by Gasteiger charge is 2.10. The maximum absolute atomic E-state index is 8.89. The van der Waals surface area contributed by atoms with E-state index in [1.54, 1.807) is 11.3 Å². The van der Waals surface area contributed by atoms with Gasteiger partial charge in [0.05, 0.1) is 16.1 Å². The summed E-state index contributed by atoms with van der Waals surface area (Å²) in [6, 6.07) is 8.02. The van der Waals surface area contributed by atoms with Gasteiger partial charge in [-0.1, -0.05) is 11.6 Å². The Morgan fingerprint density at radius 1 is 1.38 bits per heavy atom. The van der Waals surface area contributed by atoms with Crippen LogP contribution in [0.3, 0.4) is 0 Å². The van der Waals surface area contributed by atoms with Crippen LogP contribution in [0.2, 0.25) is 5.15 Å². The van der Waals surface area contributed by atoms with Crippen LogP contribution < -0.4 is 0 Å². The van der Waals surface area contributed by atoms with Crippen molar-refractivity contribution in [2.24, 2.45) is 0 Å². The first-order valence-corrected chi connectivity index (χ1v) is 5.95. The van der Waals surface area contributed by atoms with Gasteiger partial charge in [-0.15, -0.1) is 11.3 Å². The van der Waals surface area contributed by atoms with Gasteiger partial charge < -0.3 is 0 Å². The van der Waals surface area contributed by atoms with E-state index in [9.17, 15) is 0 Å². The molecular formula is C12H9ClN2S. The number of nitriles is 1. The van der Waals surface area contributed by atoms with Gasteiger partial charge in [-0.3, -0.25) is 0 Å². The molecule has 0 amide bonds. The molecule has 80 valence electrons. The van der Waals surface area contributed by atoms with Gasteiger partial charge in [0.2, 0.25) is 0 Å². The lowest BCUT2D eigenvalue weighted by Crippen LogP contribution is -1.90. The predicted molar refractivity (Wildman–Crippen MR) is 66.7 cm³/mol. The second kappa shape index (κ2) is 4.25. The first-order valence-electron chi connectivity index (χ1n) is 4.76. The molecule has 2 heterocycles. The summed E-state index contributed by atoms with van der Waals surface area (Å²) in [6.07, 6.45) is 0. The Hall–Kier alpha value is -1.37. The largest absolute Gasteiger partial charge is 0.234 e. The van der Waals surface area contributed by atoms with Crippen LogP contribution in [0.5, 0.6) is 0 Å². The molecule has 0 spiro atoms. The molecular weight excluding hydrogens is 240 g/mol. The van der Waals surface area contributed by atoms with Gasteiger partial charge >= 0.3 is 0 Å². The summed E-state index contributed by atoms with van der Waals surface area (Å²) in [5, 5.41) is 9.17. The fourth-order valence-electron chi connectivity index (χ4n) is 1.47. The Balaban J connectivity index is 2.57. The Kier molecular flexibility index (Phi) is 2.95. The lowest BCUT2D eigenvalue weighted by Gasteiger charge is -2.03. The van der Waals surface area contributed by atoms with Crippen molar-refractivity contribution in [1.82, 2.24) is 4.98 Å². The molecule has 0 atom stereocenters. The molecule has 2 aromatic heterocycles. The summed E-state index contributed by atoms with van der Waals surface area (Å²) < 4.78 is 0. The van der Waals surface area contributed by atoms with E-state index in [1.165, 1.54) is 4.88 Å². The standard InChI is InChI=1S/C12H9ClN2S/c1-7-5-10(11-4-3-8(2)16-11)15-12(13)9(7)6-14/h3-5H,1-2H3. The number of aromatic nitrogens is 1. The van der Waals surface area contributed by atoms with E-state index in [1.807, 2.05) is 32.0 Å². The van der Waals surface area contributed by atoms with Crippen molar-refractivity contribution in [3.8, 4) is 16.6 Å². The van der Waals surface area contributed by atoms with Crippen molar-refractivity contribution in [3.05, 3.63) is 39.4 Å². The number of hydrogen-bond donors (Lipinski definition) is 0. The average molecular weight is 249 g/mol. The number of thiophene rings is 1. The van der Waals surface area contributed by atoms with Gasteiger partial charge in [0.15, 0.2) is 0 Å². The highest BCUT2D eigenvalue weighted by molar-refractivity contribution is 7.15. The summed E-state index contributed by atoms with van der Waals surface area (Å²) in [6.45, 7) is 3.92. The Bertz CT molecular complexity index is 558. The van der Waals surface area contributed by atoms with Crippen LogP contribution in [0.15, 0.2) is 18.2 Å². The second-order valence-electron chi connectivity index (χ2n) is 3.51. The molecule has 0 saturated carbocycles. The normalized spacial score (nSPS) is 10.1. The van der Waals surface area contributed by atoms with E-state index < -0.39 is 0 Å². The van der Waals surface area contributed by atoms with Crippen molar-refractivity contribution in [1.29, 1.82) is 5.26 Å². The number of rotatable bonds is 1. The van der Waals surface area contributed by atoms with E-state index in [4.69, 9.17) is 16.9 Å². The topological polar surface area (TPSA) is 36.7 Å². The third-order valence-electron chi connectivity index (χ3n) is 2.28. The van der Waals surface area contributed by atoms with Crippen molar-refractivity contribution >= 4 is 22.9 Å². The van der Waals surface area contributed by atoms with Crippen LogP contribution in [0.1, 0.15) is 16.0 Å². The van der Waals surface area contributed by atoms with E-state index in [2.05, 4.69) is 11.1 Å². The molecule has 2 nitrogen and oxygen atoms in total. The zero-order chi connectivity index (χ0) is 11.7. The van der Waals surface area contributed by atoms with E-state index >= 15 is 0 Å². The van der Waals surface area contributed by atoms with Crippen molar-refractivity contribution in [3.63, 3.8) is 0 Å². The van der Waals surface area contributed by atoms with Gasteiger partial charge in [0.25, 0.3) is 0 Å². The fraction of sp³-hybridized carbons (Fsp3) is 0.167. The Morgan fingerprint density at radius 2 is 2.12 bits per heavy atom. The lowest BCUT2D eigenvalue weighted by molar-refractivity contribution is 1.26. The molecule has 2 rings (SSSR count). The fourth-order valence-corrected chi connectivity index (χ4v) is 2.58. The number of pyridine rings is 1. The SMILES string of the molecule is Cc1ccc(-c2cc(C)c(C#N)c(Cl)n2)s1. The first-order chi connectivity index (χ1) is 7.61. The Labute approximate surface area is 103 Å². The zero-order valence-corrected chi connectivity index (χ0v) is 10.5. The van der Waals surface area contributed by atoms with Gasteiger partial charge in [-0.25, -0.2) is 4.98 Å². The summed E-state index contributed by atoms with van der Waals surface area (Å²) in [5.41, 5.74) is 2.15. The maximum Gasteiger partial charge on any atom is 0.147 e. The lowest BCUT2D eigenvalue weighted by atomic mass is 10.1. The molecule has 2 aromatic rings. The van der Waals surface area contributed by atoms with Crippen molar-refractivity contribution in [2.75, 3.05) is 0 Å². The van der Waals surface area contributed by atoms with Crippen LogP contribution >= 0.6 is 22.9 Å². The minimum absolute atomic E-state index is 0.281. The molecule has 0 aliphatic rings. The van der Waals surface area contributed by atoms with Gasteiger partial charge in [0, 0.05) is 4.88 Å². The molecule has 0 fully saturated rings. The zero-order valence-electron chi connectivity index (χ0n) is 8.91. The van der Waals surface area contributed by atoms with Gasteiger partial charge in [-0.05, 0) is 37.6 Å². The maximum atomic E-state index is 8.89. The van der Waals surface area contributed by atoms with Crippen LogP contribution in [0.4, 0.5) is 0 Å². The smallest absolute Gasteiger partial charge is 0.147 e. The van der Waals surface area contributed by atoms with Crippen molar-refractivity contribution < 1.29 is 0 Å². The molecule has 4 heteroatoms. The van der Waals surface area contributed by atoms with Crippen molar-refractivity contribution in [2.45, 2.75) is 13.8 Å². The van der Waals surface area contributed by atoms with Crippen LogP contribution in [0.25, 0.3) is 10.6 Å². The average Bonchev–Trinajstić information content (AvgIpc) is 2.64. The van der Waals surface area contributed by atoms with Gasteiger partial charge in [0.1, 0.15) is 11.2 Å². The number of halogens is 1. The molecule has 0 aliphatic heterocycles. The molecule has 16 heavy (non-hydrogen) atoms. The second-order valence-corrected chi connectivity index (χ2v) is 5.16. The van der Waals surface area contributed by atoms with Crippen LogP contribution in [-0.2, 0) is 0 Å². The minimum Gasteiger partial charge on any atom is -0.234 e. The molecule has 0 radical (unpaired) electrons. The van der Waals surface area contributed by atoms with E-state index in [0.29, 0.717) is 5.56 Å². The molecule has 0 saturated heterocycles. The van der Waals surface area contributed by atoms with Gasteiger partial charge in [-0.2, -0.15) is 5.26 Å². The first kappa shape index (κ1) is 11.1. The number of hydrogen-bond acceptors (Lipinski definition) is 3. The molecule has 0 aromatic carbocycles. The van der Waals surface area contributed by atoms with Crippen LogP contribution in [0, 0.1) is 25.2 Å². The molecule has 0 unspecified atom stereocenters. The summed E-state index contributed by atoms with van der Waals surface area (Å²) in [7, 11) is 0. The summed E-state index contributed by atoms with van der Waals surface area (Å²) in [5.74, 6) is 0. The monoisotopic (exact) mass is 248 g/mol. The highest BCUT2D eigenvalue weighted by Crippen LogP contribution is 2.29. The molecule has 0 N–H and O–H groups in total. The minimum atomic E-state index is 0.281. The summed E-state index contributed by atoms with van der Waals surface area (Å²) >= 11 is 7.63. The van der Waals surface area contributed by atoms with E-state index in [-0.39, 0.29) is 5.15 Å². The van der Waals surface area contributed by atoms with Crippen LogP contribution in [-0.4, -0.2) is 4.98 Å². The summed E-state index contributed by atoms with van der Waals surface area (Å²) in [4.78, 5) is 6.55. The molecule has 0 aliphatic carbocycles. The number of nitrogens with zero attached hydrogens (tertiary/aromatic N) is 2. The Morgan fingerprint density at radius 3 is 2.62 bits per heavy atom. The third kappa shape index (κ3) is 1.95. The number of aryl methyl sites for hydroxylation is 2. The quantitative estimate of drug-likeness (QED) is 0.717.